The molecule has 1 aliphatic carbocycles. The van der Waals surface area contributed by atoms with E-state index in [9.17, 15) is 0 Å². The van der Waals surface area contributed by atoms with Crippen molar-refractivity contribution in [3.05, 3.63) is 33.4 Å². The van der Waals surface area contributed by atoms with Gasteiger partial charge in [-0.15, -0.1) is 0 Å². The van der Waals surface area contributed by atoms with Gasteiger partial charge in [-0.3, -0.25) is 0 Å². The second kappa shape index (κ2) is 3.96. The molecule has 1 aliphatic rings. The van der Waals surface area contributed by atoms with E-state index in [0.717, 1.165) is 0 Å². The maximum absolute atomic E-state index is 6.05. The van der Waals surface area contributed by atoms with E-state index in [-0.39, 0.29) is 0 Å². The summed E-state index contributed by atoms with van der Waals surface area (Å²) in [5.41, 5.74) is 7.47. The van der Waals surface area contributed by atoms with Crippen LogP contribution < -0.4 is 5.73 Å². The number of nitrogens with two attached hydrogens (primary N) is 1. The Balaban J connectivity index is 2.20. The fourth-order valence-electron chi connectivity index (χ4n) is 2.11. The molecule has 1 aromatic carbocycles. The van der Waals surface area contributed by atoms with Gasteiger partial charge in [-0.1, -0.05) is 18.6 Å². The van der Waals surface area contributed by atoms with Crippen LogP contribution in [-0.4, -0.2) is 6.04 Å². The average molecular weight is 287 g/mol. The van der Waals surface area contributed by atoms with Crippen molar-refractivity contribution in [2.45, 2.75) is 31.2 Å². The fraction of sp³-hybridized carbons (Fsp3) is 0.455. The van der Waals surface area contributed by atoms with Crippen molar-refractivity contribution in [3.8, 4) is 0 Å². The van der Waals surface area contributed by atoms with Crippen LogP contribution >= 0.6 is 22.6 Å². The molecule has 0 aromatic heterocycles. The fourth-order valence-corrected chi connectivity index (χ4v) is 2.47. The summed E-state index contributed by atoms with van der Waals surface area (Å²) in [7, 11) is 0. The molecule has 70 valence electrons. The van der Waals surface area contributed by atoms with Crippen LogP contribution in [0.4, 0.5) is 0 Å². The zero-order valence-electron chi connectivity index (χ0n) is 7.54. The largest absolute Gasteiger partial charge is 0.327 e. The molecule has 2 heteroatoms. The van der Waals surface area contributed by atoms with Gasteiger partial charge in [-0.2, -0.15) is 0 Å². The Morgan fingerprint density at radius 3 is 2.38 bits per heavy atom. The lowest BCUT2D eigenvalue weighted by Gasteiger charge is -2.15. The lowest BCUT2D eigenvalue weighted by molar-refractivity contribution is 0.613. The van der Waals surface area contributed by atoms with Gasteiger partial charge in [0.25, 0.3) is 0 Å². The summed E-state index contributed by atoms with van der Waals surface area (Å²) >= 11 is 2.33. The maximum Gasteiger partial charge on any atom is 0.0130 e. The minimum absolute atomic E-state index is 0.389. The van der Waals surface area contributed by atoms with Crippen LogP contribution in [0.3, 0.4) is 0 Å². The van der Waals surface area contributed by atoms with E-state index in [0.29, 0.717) is 12.0 Å². The highest BCUT2D eigenvalue weighted by molar-refractivity contribution is 14.1. The molecule has 0 radical (unpaired) electrons. The first kappa shape index (κ1) is 9.46. The van der Waals surface area contributed by atoms with Crippen molar-refractivity contribution < 1.29 is 0 Å². The summed E-state index contributed by atoms with van der Waals surface area (Å²) in [6, 6.07) is 9.16. The Morgan fingerprint density at radius 1 is 1.15 bits per heavy atom. The smallest absolute Gasteiger partial charge is 0.0130 e. The molecule has 0 aliphatic heterocycles. The summed E-state index contributed by atoms with van der Waals surface area (Å²) in [6.45, 7) is 0. The van der Waals surface area contributed by atoms with Gasteiger partial charge in [0, 0.05) is 9.61 Å². The summed E-state index contributed by atoms with van der Waals surface area (Å²) in [5, 5.41) is 0. The monoisotopic (exact) mass is 287 g/mol. The van der Waals surface area contributed by atoms with Gasteiger partial charge in [0.05, 0.1) is 0 Å². The molecule has 0 heterocycles. The van der Waals surface area contributed by atoms with Gasteiger partial charge in [-0.25, -0.2) is 0 Å². The van der Waals surface area contributed by atoms with Crippen molar-refractivity contribution >= 4 is 22.6 Å². The Bertz CT molecular complexity index is 281. The summed E-state index contributed by atoms with van der Waals surface area (Å²) in [6.07, 6.45) is 3.75. The second-order valence-electron chi connectivity index (χ2n) is 3.75. The molecule has 2 rings (SSSR count). The number of rotatable bonds is 1. The van der Waals surface area contributed by atoms with E-state index in [1.165, 1.54) is 28.4 Å². The van der Waals surface area contributed by atoms with Crippen molar-refractivity contribution in [1.82, 2.24) is 0 Å². The Labute approximate surface area is 92.9 Å². The number of hydrogen-bond acceptors (Lipinski definition) is 1. The first-order valence-electron chi connectivity index (χ1n) is 4.78. The molecule has 1 fully saturated rings. The number of hydrogen-bond donors (Lipinski definition) is 1. The van der Waals surface area contributed by atoms with E-state index in [1.807, 2.05) is 0 Å². The highest BCUT2D eigenvalue weighted by Crippen LogP contribution is 2.33. The topological polar surface area (TPSA) is 26.0 Å². The zero-order chi connectivity index (χ0) is 9.26. The van der Waals surface area contributed by atoms with E-state index < -0.39 is 0 Å². The molecule has 0 amide bonds. The molecule has 1 aromatic rings. The van der Waals surface area contributed by atoms with Crippen LogP contribution in [-0.2, 0) is 0 Å². The van der Waals surface area contributed by atoms with Crippen LogP contribution in [0.1, 0.15) is 30.7 Å². The van der Waals surface area contributed by atoms with E-state index in [4.69, 9.17) is 5.73 Å². The molecule has 1 saturated carbocycles. The van der Waals surface area contributed by atoms with Crippen LogP contribution in [0, 0.1) is 3.57 Å². The van der Waals surface area contributed by atoms with Gasteiger partial charge in [0.2, 0.25) is 0 Å². The molecule has 0 spiro atoms. The van der Waals surface area contributed by atoms with Crippen LogP contribution in [0.2, 0.25) is 0 Å². The van der Waals surface area contributed by atoms with Gasteiger partial charge >= 0.3 is 0 Å². The van der Waals surface area contributed by atoms with Crippen LogP contribution in [0.25, 0.3) is 0 Å². The zero-order valence-corrected chi connectivity index (χ0v) is 9.70. The average Bonchev–Trinajstić information content (AvgIpc) is 2.53. The van der Waals surface area contributed by atoms with Gasteiger partial charge in [-0.05, 0) is 59.0 Å². The predicted octanol–water partition coefficient (Wildman–Crippen LogP) is 2.89. The standard InChI is InChI=1S/C11H14IN/c12-9-6-4-8(5-7-9)10-2-1-3-11(10)13/h4-7,10-11H,1-3,13H2. The van der Waals surface area contributed by atoms with Gasteiger partial charge < -0.3 is 5.73 Å². The molecule has 1 nitrogen and oxygen atoms in total. The third-order valence-corrected chi connectivity index (χ3v) is 3.59. The van der Waals surface area contributed by atoms with Crippen molar-refractivity contribution in [2.75, 3.05) is 0 Å². The molecule has 0 bridgehead atoms. The first-order chi connectivity index (χ1) is 6.27. The Hall–Kier alpha value is -0.0900. The lowest BCUT2D eigenvalue weighted by atomic mass is 9.95. The van der Waals surface area contributed by atoms with Crippen LogP contribution in [0.15, 0.2) is 24.3 Å². The lowest BCUT2D eigenvalue weighted by Crippen LogP contribution is -2.22. The van der Waals surface area contributed by atoms with E-state index in [1.54, 1.807) is 0 Å². The molecule has 2 N–H and O–H groups in total. The highest BCUT2D eigenvalue weighted by atomic mass is 127. The van der Waals surface area contributed by atoms with E-state index in [2.05, 4.69) is 46.9 Å². The molecular weight excluding hydrogens is 273 g/mol. The quantitative estimate of drug-likeness (QED) is 0.790. The van der Waals surface area contributed by atoms with Crippen molar-refractivity contribution in [1.29, 1.82) is 0 Å². The second-order valence-corrected chi connectivity index (χ2v) is 5.00. The normalized spacial score (nSPS) is 27.8. The highest BCUT2D eigenvalue weighted by Gasteiger charge is 2.24. The predicted molar refractivity (Wildman–Crippen MR) is 63.7 cm³/mol. The maximum atomic E-state index is 6.05. The van der Waals surface area contributed by atoms with Gasteiger partial charge in [0.15, 0.2) is 0 Å². The summed E-state index contributed by atoms with van der Waals surface area (Å²) in [4.78, 5) is 0. The van der Waals surface area contributed by atoms with Gasteiger partial charge in [0.1, 0.15) is 0 Å². The molecule has 2 unspecified atom stereocenters. The molecular formula is C11H14IN. The van der Waals surface area contributed by atoms with Crippen molar-refractivity contribution in [3.63, 3.8) is 0 Å². The van der Waals surface area contributed by atoms with Crippen LogP contribution in [0.5, 0.6) is 0 Å². The minimum Gasteiger partial charge on any atom is -0.327 e. The molecule has 13 heavy (non-hydrogen) atoms. The SMILES string of the molecule is NC1CCCC1c1ccc(I)cc1. The summed E-state index contributed by atoms with van der Waals surface area (Å²) < 4.78 is 1.30. The number of halogens is 1. The number of benzene rings is 1. The molecule has 0 saturated heterocycles. The Morgan fingerprint density at radius 2 is 1.85 bits per heavy atom. The Kier molecular flexibility index (Phi) is 2.89. The minimum atomic E-state index is 0.389. The van der Waals surface area contributed by atoms with E-state index >= 15 is 0 Å². The van der Waals surface area contributed by atoms with Crippen molar-refractivity contribution in [2.24, 2.45) is 5.73 Å². The third kappa shape index (κ3) is 2.05. The summed E-state index contributed by atoms with van der Waals surface area (Å²) in [5.74, 6) is 0.608. The molecule has 2 atom stereocenters. The third-order valence-electron chi connectivity index (χ3n) is 2.87. The first-order valence-corrected chi connectivity index (χ1v) is 5.86.